The van der Waals surface area contributed by atoms with E-state index in [4.69, 9.17) is 0 Å². The van der Waals surface area contributed by atoms with Crippen molar-refractivity contribution in [1.29, 1.82) is 0 Å². The second kappa shape index (κ2) is 7.36. The van der Waals surface area contributed by atoms with Crippen LogP contribution in [0.15, 0.2) is 35.2 Å². The Balaban J connectivity index is 2.01. The summed E-state index contributed by atoms with van der Waals surface area (Å²) in [6.45, 7) is 5.72. The van der Waals surface area contributed by atoms with Crippen LogP contribution in [0.3, 0.4) is 0 Å². The highest BCUT2D eigenvalue weighted by Crippen LogP contribution is 2.21. The zero-order valence-corrected chi connectivity index (χ0v) is 12.5. The van der Waals surface area contributed by atoms with Crippen LogP contribution in [0.5, 0.6) is 0 Å². The topological polar surface area (TPSA) is 37.8 Å². The molecule has 0 spiro atoms. The molecule has 2 rings (SSSR count). The van der Waals surface area contributed by atoms with Crippen molar-refractivity contribution < 1.29 is 4.39 Å². The van der Waals surface area contributed by atoms with E-state index >= 15 is 0 Å². The van der Waals surface area contributed by atoms with E-state index in [1.165, 1.54) is 12.1 Å². The van der Waals surface area contributed by atoms with Crippen molar-refractivity contribution in [3.63, 3.8) is 0 Å². The highest BCUT2D eigenvalue weighted by atomic mass is 32.2. The van der Waals surface area contributed by atoms with E-state index in [1.54, 1.807) is 23.9 Å². The largest absolute Gasteiger partial charge is 0.311 e. The van der Waals surface area contributed by atoms with Crippen LogP contribution in [0, 0.1) is 12.7 Å². The van der Waals surface area contributed by atoms with Crippen LogP contribution in [0.2, 0.25) is 0 Å². The molecule has 0 unspecified atom stereocenters. The molecule has 0 fully saturated rings. The minimum absolute atomic E-state index is 0.214. The molecular formula is C15H18FN3S. The van der Waals surface area contributed by atoms with Crippen molar-refractivity contribution in [2.45, 2.75) is 31.0 Å². The third-order valence-electron chi connectivity index (χ3n) is 2.69. The van der Waals surface area contributed by atoms with E-state index in [1.807, 2.05) is 13.0 Å². The molecule has 1 N–H and O–H groups in total. The van der Waals surface area contributed by atoms with Crippen LogP contribution in [0.4, 0.5) is 4.39 Å². The van der Waals surface area contributed by atoms with Gasteiger partial charge in [-0.2, -0.15) is 0 Å². The number of nitrogens with one attached hydrogen (secondary N) is 1. The molecule has 1 heterocycles. The van der Waals surface area contributed by atoms with Crippen LogP contribution in [0.25, 0.3) is 0 Å². The Morgan fingerprint density at radius 1 is 1.20 bits per heavy atom. The molecule has 0 atom stereocenters. The smallest absolute Gasteiger partial charge is 0.139 e. The first-order chi connectivity index (χ1) is 9.67. The molecule has 0 radical (unpaired) electrons. The number of rotatable bonds is 6. The molecule has 0 aliphatic rings. The molecule has 0 bridgehead atoms. The number of halogens is 1. The van der Waals surface area contributed by atoms with Gasteiger partial charge >= 0.3 is 0 Å². The van der Waals surface area contributed by atoms with Crippen LogP contribution >= 0.6 is 11.8 Å². The Morgan fingerprint density at radius 2 is 1.95 bits per heavy atom. The Labute approximate surface area is 123 Å². The van der Waals surface area contributed by atoms with Gasteiger partial charge in [-0.05, 0) is 43.8 Å². The van der Waals surface area contributed by atoms with E-state index in [9.17, 15) is 4.39 Å². The van der Waals surface area contributed by atoms with E-state index < -0.39 is 0 Å². The minimum Gasteiger partial charge on any atom is -0.311 e. The fraction of sp³-hybridized carbons (Fsp3) is 0.333. The number of aromatic nitrogens is 2. The molecule has 106 valence electrons. The fourth-order valence-corrected chi connectivity index (χ4v) is 2.54. The molecule has 2 aromatic rings. The van der Waals surface area contributed by atoms with E-state index in [0.29, 0.717) is 5.75 Å². The number of benzene rings is 1. The summed E-state index contributed by atoms with van der Waals surface area (Å²) in [4.78, 5) is 9.99. The monoisotopic (exact) mass is 291 g/mol. The molecule has 0 aliphatic carbocycles. The fourth-order valence-electron chi connectivity index (χ4n) is 1.79. The predicted molar refractivity (Wildman–Crippen MR) is 80.1 cm³/mol. The van der Waals surface area contributed by atoms with Gasteiger partial charge in [0.05, 0.1) is 11.4 Å². The highest BCUT2D eigenvalue weighted by molar-refractivity contribution is 7.98. The lowest BCUT2D eigenvalue weighted by Gasteiger charge is -2.06. The van der Waals surface area contributed by atoms with Crippen molar-refractivity contribution in [2.24, 2.45) is 0 Å². The minimum atomic E-state index is -0.214. The molecule has 5 heteroatoms. The second-order valence-electron chi connectivity index (χ2n) is 4.44. The summed E-state index contributed by atoms with van der Waals surface area (Å²) in [7, 11) is 0. The Hall–Kier alpha value is -1.46. The van der Waals surface area contributed by atoms with Gasteiger partial charge < -0.3 is 5.32 Å². The molecule has 20 heavy (non-hydrogen) atoms. The lowest BCUT2D eigenvalue weighted by Crippen LogP contribution is -2.14. The van der Waals surface area contributed by atoms with Crippen molar-refractivity contribution in [2.75, 3.05) is 6.54 Å². The summed E-state index contributed by atoms with van der Waals surface area (Å²) in [6, 6.07) is 8.48. The van der Waals surface area contributed by atoms with Gasteiger partial charge in [-0.15, -0.1) is 11.8 Å². The lowest BCUT2D eigenvalue weighted by molar-refractivity contribution is 0.626. The van der Waals surface area contributed by atoms with Gasteiger partial charge in [-0.25, -0.2) is 14.4 Å². The highest BCUT2D eigenvalue weighted by Gasteiger charge is 2.03. The van der Waals surface area contributed by atoms with E-state index in [-0.39, 0.29) is 5.82 Å². The first-order valence-corrected chi connectivity index (χ1v) is 7.58. The van der Waals surface area contributed by atoms with E-state index in [0.717, 1.165) is 35.2 Å². The van der Waals surface area contributed by atoms with Crippen molar-refractivity contribution >= 4 is 11.8 Å². The molecule has 0 amide bonds. The normalized spacial score (nSPS) is 10.8. The Kier molecular flexibility index (Phi) is 5.49. The van der Waals surface area contributed by atoms with Gasteiger partial charge in [0.2, 0.25) is 0 Å². The van der Waals surface area contributed by atoms with Crippen molar-refractivity contribution in [3.05, 3.63) is 53.4 Å². The average molecular weight is 291 g/mol. The molecule has 0 saturated heterocycles. The summed E-state index contributed by atoms with van der Waals surface area (Å²) < 4.78 is 12.8. The molecule has 1 aromatic carbocycles. The Morgan fingerprint density at radius 3 is 2.65 bits per heavy atom. The van der Waals surface area contributed by atoms with Crippen LogP contribution < -0.4 is 5.32 Å². The summed E-state index contributed by atoms with van der Waals surface area (Å²) in [5.74, 6) is 1.29. The number of thioether (sulfide) groups is 1. The zero-order chi connectivity index (χ0) is 14.4. The number of aryl methyl sites for hydroxylation is 1. The molecule has 1 aromatic heterocycles. The van der Waals surface area contributed by atoms with E-state index in [2.05, 4.69) is 22.2 Å². The first-order valence-electron chi connectivity index (χ1n) is 6.60. The summed E-state index contributed by atoms with van der Waals surface area (Å²) >= 11 is 1.61. The Bertz CT molecular complexity index is 558. The predicted octanol–water partition coefficient (Wildman–Crippen LogP) is 3.33. The van der Waals surface area contributed by atoms with Gasteiger partial charge in [-0.1, -0.05) is 6.92 Å². The van der Waals surface area contributed by atoms with Gasteiger partial charge in [0, 0.05) is 17.1 Å². The van der Waals surface area contributed by atoms with Gasteiger partial charge in [-0.3, -0.25) is 0 Å². The second-order valence-corrected chi connectivity index (χ2v) is 5.49. The maximum absolute atomic E-state index is 12.8. The lowest BCUT2D eigenvalue weighted by atomic mass is 10.3. The molecule has 0 aliphatic heterocycles. The number of hydrogen-bond donors (Lipinski definition) is 1. The average Bonchev–Trinajstić information content (AvgIpc) is 2.44. The van der Waals surface area contributed by atoms with Gasteiger partial charge in [0.25, 0.3) is 0 Å². The number of nitrogens with zero attached hydrogens (tertiary/aromatic N) is 2. The summed E-state index contributed by atoms with van der Waals surface area (Å²) in [5.41, 5.74) is 1.98. The summed E-state index contributed by atoms with van der Waals surface area (Å²) in [6.07, 6.45) is 0. The third kappa shape index (κ3) is 4.58. The van der Waals surface area contributed by atoms with Crippen molar-refractivity contribution in [3.8, 4) is 0 Å². The SMILES string of the molecule is CCNCc1cc(C)nc(CSc2ccc(F)cc2)n1. The quantitative estimate of drug-likeness (QED) is 0.829. The zero-order valence-electron chi connectivity index (χ0n) is 11.7. The maximum Gasteiger partial charge on any atom is 0.139 e. The van der Waals surface area contributed by atoms with Crippen molar-refractivity contribution in [1.82, 2.24) is 15.3 Å². The number of hydrogen-bond acceptors (Lipinski definition) is 4. The molecular weight excluding hydrogens is 273 g/mol. The van der Waals surface area contributed by atoms with Gasteiger partial charge in [0.15, 0.2) is 0 Å². The summed E-state index contributed by atoms with van der Waals surface area (Å²) in [5, 5.41) is 3.26. The molecule has 3 nitrogen and oxygen atoms in total. The third-order valence-corrected chi connectivity index (χ3v) is 3.70. The van der Waals surface area contributed by atoms with Gasteiger partial charge in [0.1, 0.15) is 11.6 Å². The first kappa shape index (κ1) is 14.9. The van der Waals surface area contributed by atoms with Crippen LogP contribution in [-0.2, 0) is 12.3 Å². The van der Waals surface area contributed by atoms with Crippen LogP contribution in [-0.4, -0.2) is 16.5 Å². The van der Waals surface area contributed by atoms with Crippen LogP contribution in [0.1, 0.15) is 24.1 Å². The standard InChI is InChI=1S/C15H18FN3S/c1-3-17-9-13-8-11(2)18-15(19-13)10-20-14-6-4-12(16)5-7-14/h4-8,17H,3,9-10H2,1-2H3. The molecule has 0 saturated carbocycles. The maximum atomic E-state index is 12.8.